The van der Waals surface area contributed by atoms with Crippen LogP contribution in [0.3, 0.4) is 0 Å². The highest BCUT2D eigenvalue weighted by Gasteiger charge is 2.25. The summed E-state index contributed by atoms with van der Waals surface area (Å²) in [6.45, 7) is 1.88. The molecule has 1 aliphatic rings. The van der Waals surface area contributed by atoms with Crippen LogP contribution in [0.15, 0.2) is 32.8 Å². The average Bonchev–Trinajstić information content (AvgIpc) is 3.20. The zero-order valence-electron chi connectivity index (χ0n) is 11.7. The van der Waals surface area contributed by atoms with E-state index in [2.05, 4.69) is 10.3 Å². The maximum Gasteiger partial charge on any atom is 0.284 e. The number of hydrogen-bond donors (Lipinski definition) is 1. The maximum atomic E-state index is 12.0. The monoisotopic (exact) mass is 335 g/mol. The van der Waals surface area contributed by atoms with Gasteiger partial charge in [0.1, 0.15) is 0 Å². The number of benzene rings is 1. The molecule has 3 rings (SSSR count). The fourth-order valence-electron chi connectivity index (χ4n) is 1.86. The number of nitro groups is 1. The number of aryl methyl sites for hydroxylation is 1. The Morgan fingerprint density at radius 3 is 2.86 bits per heavy atom. The van der Waals surface area contributed by atoms with Crippen LogP contribution in [0.25, 0.3) is 0 Å². The lowest BCUT2D eigenvalue weighted by molar-refractivity contribution is -0.387. The number of carbonyl (C=O) groups is 1. The fourth-order valence-corrected chi connectivity index (χ4v) is 3.74. The molecule has 1 aromatic heterocycles. The molecule has 0 radical (unpaired) electrons. The smallest absolute Gasteiger partial charge is 0.284 e. The van der Waals surface area contributed by atoms with Gasteiger partial charge >= 0.3 is 0 Å². The predicted octanol–water partition coefficient (Wildman–Crippen LogP) is 3.40. The predicted molar refractivity (Wildman–Crippen MR) is 84.6 cm³/mol. The number of carbonyl (C=O) groups excluding carboxylic acids is 1. The molecular weight excluding hydrogens is 322 g/mol. The van der Waals surface area contributed by atoms with Crippen molar-refractivity contribution in [3.63, 3.8) is 0 Å². The first-order valence-corrected chi connectivity index (χ1v) is 8.42. The molecule has 0 bridgehead atoms. The van der Waals surface area contributed by atoms with Crippen molar-refractivity contribution in [1.29, 1.82) is 0 Å². The number of hydrogen-bond acceptors (Lipinski definition) is 6. The summed E-state index contributed by atoms with van der Waals surface area (Å²) in [4.78, 5) is 27.6. The Morgan fingerprint density at radius 2 is 2.27 bits per heavy atom. The topological polar surface area (TPSA) is 85.1 Å². The Kier molecular flexibility index (Phi) is 4.12. The van der Waals surface area contributed by atoms with Crippen molar-refractivity contribution in [2.45, 2.75) is 35.0 Å². The molecule has 0 atom stereocenters. The van der Waals surface area contributed by atoms with Crippen molar-refractivity contribution < 1.29 is 9.72 Å². The molecule has 1 amide bonds. The summed E-state index contributed by atoms with van der Waals surface area (Å²) in [5, 5.41) is 16.0. The third-order valence-electron chi connectivity index (χ3n) is 3.13. The molecule has 0 saturated heterocycles. The Bertz CT molecular complexity index is 741. The Labute approximate surface area is 135 Å². The molecule has 2 aromatic rings. The number of nitrogens with zero attached hydrogens (tertiary/aromatic N) is 2. The Balaban J connectivity index is 1.86. The molecule has 1 saturated carbocycles. The third-order valence-corrected chi connectivity index (χ3v) is 5.25. The highest BCUT2D eigenvalue weighted by atomic mass is 32.2. The number of aromatic nitrogens is 1. The van der Waals surface area contributed by atoms with E-state index >= 15 is 0 Å². The number of thiazole rings is 1. The standard InChI is InChI=1S/C14H13N3O3S2/c1-8-7-21-14(15-8)22-12-5-2-9(6-11(12)17(19)20)13(18)16-10-3-4-10/h2,5-7,10H,3-4H2,1H3,(H,16,18). The second-order valence-corrected chi connectivity index (χ2v) is 7.19. The van der Waals surface area contributed by atoms with Crippen LogP contribution in [0.1, 0.15) is 28.9 Å². The summed E-state index contributed by atoms with van der Waals surface area (Å²) in [6.07, 6.45) is 1.95. The molecule has 1 heterocycles. The molecule has 1 aliphatic carbocycles. The number of nitrogens with one attached hydrogen (secondary N) is 1. The van der Waals surface area contributed by atoms with Gasteiger partial charge in [0.15, 0.2) is 4.34 Å². The normalized spacial score (nSPS) is 13.9. The summed E-state index contributed by atoms with van der Waals surface area (Å²) < 4.78 is 0.746. The largest absolute Gasteiger partial charge is 0.349 e. The van der Waals surface area contributed by atoms with Gasteiger partial charge in [-0.25, -0.2) is 4.98 Å². The van der Waals surface area contributed by atoms with E-state index in [1.54, 1.807) is 12.1 Å². The third kappa shape index (κ3) is 3.45. The van der Waals surface area contributed by atoms with E-state index in [1.807, 2.05) is 12.3 Å². The molecule has 0 aliphatic heterocycles. The van der Waals surface area contributed by atoms with Crippen LogP contribution in [0.2, 0.25) is 0 Å². The first-order chi connectivity index (χ1) is 10.5. The lowest BCUT2D eigenvalue weighted by atomic mass is 10.2. The van der Waals surface area contributed by atoms with Gasteiger partial charge in [-0.1, -0.05) is 11.8 Å². The first-order valence-electron chi connectivity index (χ1n) is 6.72. The molecule has 114 valence electrons. The first kappa shape index (κ1) is 15.0. The number of rotatable bonds is 5. The minimum absolute atomic E-state index is 0.0682. The van der Waals surface area contributed by atoms with E-state index in [1.165, 1.54) is 29.2 Å². The van der Waals surface area contributed by atoms with Crippen LogP contribution in [0.4, 0.5) is 5.69 Å². The van der Waals surface area contributed by atoms with Crippen LogP contribution in [-0.2, 0) is 0 Å². The van der Waals surface area contributed by atoms with Crippen molar-refractivity contribution in [1.82, 2.24) is 10.3 Å². The van der Waals surface area contributed by atoms with Crippen LogP contribution >= 0.6 is 23.1 Å². The van der Waals surface area contributed by atoms with Crippen molar-refractivity contribution in [2.24, 2.45) is 0 Å². The summed E-state index contributed by atoms with van der Waals surface area (Å²) in [6, 6.07) is 4.79. The van der Waals surface area contributed by atoms with Gasteiger partial charge in [0.25, 0.3) is 11.6 Å². The molecule has 0 unspecified atom stereocenters. The van der Waals surface area contributed by atoms with E-state index in [9.17, 15) is 14.9 Å². The lowest BCUT2D eigenvalue weighted by Crippen LogP contribution is -2.25. The van der Waals surface area contributed by atoms with Gasteiger partial charge < -0.3 is 5.32 Å². The molecule has 0 spiro atoms. The number of amides is 1. The van der Waals surface area contributed by atoms with Gasteiger partial charge in [-0.3, -0.25) is 14.9 Å². The summed E-state index contributed by atoms with van der Waals surface area (Å²) in [7, 11) is 0. The zero-order chi connectivity index (χ0) is 15.7. The minimum atomic E-state index is -0.462. The Hall–Kier alpha value is -1.93. The molecule has 6 nitrogen and oxygen atoms in total. The minimum Gasteiger partial charge on any atom is -0.349 e. The van der Waals surface area contributed by atoms with Gasteiger partial charge in [0.05, 0.1) is 9.82 Å². The van der Waals surface area contributed by atoms with Crippen LogP contribution < -0.4 is 5.32 Å². The van der Waals surface area contributed by atoms with Crippen molar-refractivity contribution in [3.05, 3.63) is 45.0 Å². The second kappa shape index (κ2) is 6.05. The van der Waals surface area contributed by atoms with Gasteiger partial charge in [0.2, 0.25) is 0 Å². The van der Waals surface area contributed by atoms with Crippen molar-refractivity contribution >= 4 is 34.7 Å². The average molecular weight is 335 g/mol. The van der Waals surface area contributed by atoms with Crippen LogP contribution in [0, 0.1) is 17.0 Å². The summed E-state index contributed by atoms with van der Waals surface area (Å²) in [5.74, 6) is -0.257. The van der Waals surface area contributed by atoms with Crippen molar-refractivity contribution in [2.75, 3.05) is 0 Å². The summed E-state index contributed by atoms with van der Waals surface area (Å²) >= 11 is 2.69. The zero-order valence-corrected chi connectivity index (χ0v) is 13.4. The maximum absolute atomic E-state index is 12.0. The molecule has 22 heavy (non-hydrogen) atoms. The molecule has 1 N–H and O–H groups in total. The highest BCUT2D eigenvalue weighted by molar-refractivity contribution is 8.01. The van der Waals surface area contributed by atoms with Gasteiger partial charge in [-0.05, 0) is 31.9 Å². The van der Waals surface area contributed by atoms with Crippen LogP contribution in [0.5, 0.6) is 0 Å². The van der Waals surface area contributed by atoms with Crippen molar-refractivity contribution in [3.8, 4) is 0 Å². The second-order valence-electron chi connectivity index (χ2n) is 5.04. The van der Waals surface area contributed by atoms with E-state index in [-0.39, 0.29) is 17.6 Å². The van der Waals surface area contributed by atoms with E-state index < -0.39 is 4.92 Å². The van der Waals surface area contributed by atoms with E-state index in [0.717, 1.165) is 22.9 Å². The van der Waals surface area contributed by atoms with Gasteiger partial charge in [0, 0.05) is 28.7 Å². The molecular formula is C14H13N3O3S2. The quantitative estimate of drug-likeness (QED) is 0.668. The highest BCUT2D eigenvalue weighted by Crippen LogP contribution is 2.36. The SMILES string of the molecule is Cc1csc(Sc2ccc(C(=O)NC3CC3)cc2[N+](=O)[O-])n1. The van der Waals surface area contributed by atoms with E-state index in [0.29, 0.717) is 10.5 Å². The fraction of sp³-hybridized carbons (Fsp3) is 0.286. The summed E-state index contributed by atoms with van der Waals surface area (Å²) in [5.41, 5.74) is 1.13. The van der Waals surface area contributed by atoms with Gasteiger partial charge in [-0.15, -0.1) is 11.3 Å². The lowest BCUT2D eigenvalue weighted by Gasteiger charge is -2.05. The van der Waals surface area contributed by atoms with Crippen LogP contribution in [-0.4, -0.2) is 21.9 Å². The Morgan fingerprint density at radius 1 is 1.50 bits per heavy atom. The molecule has 1 fully saturated rings. The van der Waals surface area contributed by atoms with Gasteiger partial charge in [-0.2, -0.15) is 0 Å². The molecule has 8 heteroatoms. The molecule has 1 aromatic carbocycles. The van der Waals surface area contributed by atoms with E-state index in [4.69, 9.17) is 0 Å². The number of nitro benzene ring substituents is 1.